The van der Waals surface area contributed by atoms with Crippen LogP contribution in [-0.2, 0) is 0 Å². The van der Waals surface area contributed by atoms with Gasteiger partial charge in [-0.3, -0.25) is 4.90 Å². The summed E-state index contributed by atoms with van der Waals surface area (Å²) >= 11 is 0. The Labute approximate surface area is 168 Å². The number of unbranched alkanes of at least 4 members (excludes halogenated alkanes) is 12. The minimum Gasteiger partial charge on any atom is -0.389 e. The van der Waals surface area contributed by atoms with E-state index in [-0.39, 0.29) is 6.04 Å². The van der Waals surface area contributed by atoms with Crippen LogP contribution in [0.15, 0.2) is 0 Å². The number of aliphatic hydroxyl groups excluding tert-OH is 3. The summed E-state index contributed by atoms with van der Waals surface area (Å²) in [4.78, 5) is 2.24. The van der Waals surface area contributed by atoms with Gasteiger partial charge in [-0.2, -0.15) is 0 Å². The first-order valence-electron chi connectivity index (χ1n) is 11.9. The fourth-order valence-electron chi connectivity index (χ4n) is 4.35. The van der Waals surface area contributed by atoms with Crippen molar-refractivity contribution >= 4 is 0 Å². The fourth-order valence-corrected chi connectivity index (χ4v) is 4.35. The molecule has 0 amide bonds. The van der Waals surface area contributed by atoms with E-state index in [2.05, 4.69) is 18.7 Å². The van der Waals surface area contributed by atoms with E-state index in [0.717, 1.165) is 25.8 Å². The third-order valence-electron chi connectivity index (χ3n) is 6.18. The average molecular weight is 386 g/mol. The summed E-state index contributed by atoms with van der Waals surface area (Å²) in [6.45, 7) is 5.90. The van der Waals surface area contributed by atoms with Crippen molar-refractivity contribution in [1.82, 2.24) is 4.90 Å². The van der Waals surface area contributed by atoms with Crippen LogP contribution in [0.1, 0.15) is 110 Å². The van der Waals surface area contributed by atoms with Crippen molar-refractivity contribution in [2.75, 3.05) is 13.1 Å². The molecule has 0 radical (unpaired) electrons. The molecule has 3 N–H and O–H groups in total. The monoisotopic (exact) mass is 385 g/mol. The number of likely N-dealkylation sites (tertiary alicyclic amines) is 1. The van der Waals surface area contributed by atoms with Crippen LogP contribution in [0, 0.1) is 0 Å². The van der Waals surface area contributed by atoms with Gasteiger partial charge in [0.1, 0.15) is 6.10 Å². The van der Waals surface area contributed by atoms with Crippen molar-refractivity contribution < 1.29 is 15.3 Å². The highest BCUT2D eigenvalue weighted by Gasteiger charge is 2.40. The molecule has 4 atom stereocenters. The molecule has 1 heterocycles. The Morgan fingerprint density at radius 1 is 0.630 bits per heavy atom. The van der Waals surface area contributed by atoms with Crippen LogP contribution < -0.4 is 0 Å². The lowest BCUT2D eigenvalue weighted by molar-refractivity contribution is -0.138. The largest absolute Gasteiger partial charge is 0.389 e. The van der Waals surface area contributed by atoms with Gasteiger partial charge in [-0.15, -0.1) is 0 Å². The molecule has 1 unspecified atom stereocenters. The first-order chi connectivity index (χ1) is 13.1. The summed E-state index contributed by atoms with van der Waals surface area (Å²) < 4.78 is 0. The smallest absolute Gasteiger partial charge is 0.108 e. The predicted molar refractivity (Wildman–Crippen MR) is 114 cm³/mol. The van der Waals surface area contributed by atoms with Crippen molar-refractivity contribution in [3.63, 3.8) is 0 Å². The normalized spacial score (nSPS) is 26.6. The number of rotatable bonds is 16. The number of hydrogen-bond donors (Lipinski definition) is 3. The molecular formula is C23H47NO3. The predicted octanol–water partition coefficient (Wildman–Crippen LogP) is 4.64. The maximum atomic E-state index is 10.5. The van der Waals surface area contributed by atoms with E-state index in [1.165, 1.54) is 77.0 Å². The van der Waals surface area contributed by atoms with Crippen molar-refractivity contribution in [3.05, 3.63) is 0 Å². The highest BCUT2D eigenvalue weighted by atomic mass is 16.4. The van der Waals surface area contributed by atoms with Crippen molar-refractivity contribution in [2.24, 2.45) is 0 Å². The number of aliphatic hydroxyl groups is 3. The molecule has 1 fully saturated rings. The van der Waals surface area contributed by atoms with Gasteiger partial charge >= 0.3 is 0 Å². The molecule has 27 heavy (non-hydrogen) atoms. The molecule has 0 saturated carbocycles. The summed E-state index contributed by atoms with van der Waals surface area (Å²) in [6.07, 6.45) is 16.0. The molecule has 0 bridgehead atoms. The van der Waals surface area contributed by atoms with Crippen LogP contribution in [0.2, 0.25) is 0 Å². The van der Waals surface area contributed by atoms with Gasteiger partial charge in [0, 0.05) is 12.6 Å². The third-order valence-corrected chi connectivity index (χ3v) is 6.18. The van der Waals surface area contributed by atoms with Crippen molar-refractivity contribution in [2.45, 2.75) is 135 Å². The first-order valence-corrected chi connectivity index (χ1v) is 11.9. The minimum atomic E-state index is -0.996. The molecule has 4 nitrogen and oxygen atoms in total. The Kier molecular flexibility index (Phi) is 14.5. The lowest BCUT2D eigenvalue weighted by Gasteiger charge is -2.44. The number of hydrogen-bond acceptors (Lipinski definition) is 4. The fraction of sp³-hybridized carbons (Fsp3) is 1.00. The van der Waals surface area contributed by atoms with Gasteiger partial charge in [0.2, 0.25) is 0 Å². The molecule has 162 valence electrons. The lowest BCUT2D eigenvalue weighted by atomic mass is 9.89. The van der Waals surface area contributed by atoms with Gasteiger partial charge in [-0.05, 0) is 19.4 Å². The summed E-state index contributed by atoms with van der Waals surface area (Å²) in [6, 6.07) is -0.000803. The molecule has 1 aliphatic heterocycles. The van der Waals surface area contributed by atoms with Crippen LogP contribution in [0.5, 0.6) is 0 Å². The van der Waals surface area contributed by atoms with E-state index >= 15 is 0 Å². The van der Waals surface area contributed by atoms with Gasteiger partial charge in [0.25, 0.3) is 0 Å². The quantitative estimate of drug-likeness (QED) is 0.339. The van der Waals surface area contributed by atoms with Crippen LogP contribution in [-0.4, -0.2) is 57.7 Å². The van der Waals surface area contributed by atoms with E-state index in [1.807, 2.05) is 0 Å². The SMILES string of the molecule is CCCCCCCCC[C@H]1C(O)[C@@H](O)[C@@H](O)CN1CCCCCCCCC. The Morgan fingerprint density at radius 2 is 1.11 bits per heavy atom. The van der Waals surface area contributed by atoms with E-state index in [4.69, 9.17) is 0 Å². The maximum Gasteiger partial charge on any atom is 0.108 e. The van der Waals surface area contributed by atoms with Gasteiger partial charge < -0.3 is 15.3 Å². The highest BCUT2D eigenvalue weighted by molar-refractivity contribution is 4.94. The van der Waals surface area contributed by atoms with Gasteiger partial charge in [0.05, 0.1) is 12.2 Å². The highest BCUT2D eigenvalue weighted by Crippen LogP contribution is 2.24. The first kappa shape index (κ1) is 24.9. The Balaban J connectivity index is 2.30. The van der Waals surface area contributed by atoms with Crippen LogP contribution in [0.4, 0.5) is 0 Å². The summed E-state index contributed by atoms with van der Waals surface area (Å²) in [5.41, 5.74) is 0. The molecule has 0 aromatic heterocycles. The van der Waals surface area contributed by atoms with Crippen LogP contribution in [0.25, 0.3) is 0 Å². The zero-order valence-corrected chi connectivity index (χ0v) is 18.1. The standard InChI is InChI=1S/C23H47NO3/c1-3-5-7-9-11-13-15-17-20-22(26)23(27)21(25)19-24(20)18-16-14-12-10-8-6-4-2/h20-23,25-27H,3-19H2,1-2H3/t20-,21-,22?,23-/m0/s1. The number of β-amino-alcohol motifs (C(OH)–C–C–N with tert-alkyl or cyclic N) is 1. The average Bonchev–Trinajstić information content (AvgIpc) is 2.66. The maximum absolute atomic E-state index is 10.5. The van der Waals surface area contributed by atoms with Gasteiger partial charge in [0.15, 0.2) is 0 Å². The molecule has 1 rings (SSSR count). The topological polar surface area (TPSA) is 63.9 Å². The summed E-state index contributed by atoms with van der Waals surface area (Å²) in [7, 11) is 0. The Hall–Kier alpha value is -0.160. The van der Waals surface area contributed by atoms with Gasteiger partial charge in [-0.1, -0.05) is 97.3 Å². The minimum absolute atomic E-state index is 0.000803. The van der Waals surface area contributed by atoms with Crippen LogP contribution >= 0.6 is 0 Å². The van der Waals surface area contributed by atoms with E-state index in [1.54, 1.807) is 0 Å². The molecule has 0 aromatic rings. The van der Waals surface area contributed by atoms with Crippen LogP contribution in [0.3, 0.4) is 0 Å². The summed E-state index contributed by atoms with van der Waals surface area (Å²) in [5.74, 6) is 0. The second-order valence-corrected chi connectivity index (χ2v) is 8.64. The van der Waals surface area contributed by atoms with Crippen molar-refractivity contribution in [1.29, 1.82) is 0 Å². The van der Waals surface area contributed by atoms with E-state index in [9.17, 15) is 15.3 Å². The number of nitrogens with zero attached hydrogens (tertiary/aromatic N) is 1. The van der Waals surface area contributed by atoms with E-state index < -0.39 is 18.3 Å². The van der Waals surface area contributed by atoms with E-state index in [0.29, 0.717) is 6.54 Å². The zero-order valence-electron chi connectivity index (χ0n) is 18.1. The molecule has 1 saturated heterocycles. The summed E-state index contributed by atoms with van der Waals surface area (Å²) in [5, 5.41) is 30.7. The molecule has 0 aliphatic carbocycles. The number of piperidine rings is 1. The Morgan fingerprint density at radius 3 is 1.67 bits per heavy atom. The third kappa shape index (κ3) is 10.3. The molecular weight excluding hydrogens is 338 g/mol. The molecule has 0 spiro atoms. The molecule has 0 aromatic carbocycles. The molecule has 1 aliphatic rings. The zero-order chi connectivity index (χ0) is 19.9. The van der Waals surface area contributed by atoms with Gasteiger partial charge in [-0.25, -0.2) is 0 Å². The second-order valence-electron chi connectivity index (χ2n) is 8.64. The lowest BCUT2D eigenvalue weighted by Crippen LogP contribution is -2.61. The second kappa shape index (κ2) is 15.7. The van der Waals surface area contributed by atoms with Crippen molar-refractivity contribution in [3.8, 4) is 0 Å². The molecule has 4 heteroatoms. The Bertz CT molecular complexity index is 340.